The van der Waals surface area contributed by atoms with Crippen LogP contribution in [-0.2, 0) is 20.0 Å². The van der Waals surface area contributed by atoms with Crippen LogP contribution < -0.4 is 5.73 Å². The van der Waals surface area contributed by atoms with Crippen molar-refractivity contribution in [2.75, 3.05) is 13.9 Å². The molecule has 0 spiro atoms. The summed E-state index contributed by atoms with van der Waals surface area (Å²) >= 11 is 12.2. The molecule has 0 fully saturated rings. The van der Waals surface area contributed by atoms with Gasteiger partial charge >= 0.3 is 6.09 Å². The lowest BCUT2D eigenvalue weighted by Crippen LogP contribution is -2.38. The molecule has 0 bridgehead atoms. The van der Waals surface area contributed by atoms with Gasteiger partial charge in [0.2, 0.25) is 5.79 Å². The second-order valence-electron chi connectivity index (χ2n) is 3.68. The summed E-state index contributed by atoms with van der Waals surface area (Å²) in [6.45, 7) is 1.64. The van der Waals surface area contributed by atoms with Crippen LogP contribution in [0.3, 0.4) is 0 Å². The summed E-state index contributed by atoms with van der Waals surface area (Å²) in [4.78, 5) is 11.1. The summed E-state index contributed by atoms with van der Waals surface area (Å²) in [6.07, 6.45) is -0.725. The average molecular weight is 308 g/mol. The van der Waals surface area contributed by atoms with Crippen LogP contribution in [-0.4, -0.2) is 20.0 Å². The molecule has 19 heavy (non-hydrogen) atoms. The minimum Gasteiger partial charge on any atom is -0.412 e. The first-order valence-corrected chi connectivity index (χ1v) is 6.28. The molecule has 7 heteroatoms. The highest BCUT2D eigenvalue weighted by Crippen LogP contribution is 2.40. The molecule has 1 amide bonds. The second kappa shape index (κ2) is 6.96. The third kappa shape index (κ3) is 3.73. The van der Waals surface area contributed by atoms with Crippen LogP contribution in [0.15, 0.2) is 18.2 Å². The van der Waals surface area contributed by atoms with Gasteiger partial charge in [-0.1, -0.05) is 36.2 Å². The molecular formula is C12H15Cl2NO4. The SMILES string of the molecule is CCC(OCOC)(OC(N)=O)c1c(Cl)cccc1Cl. The maximum atomic E-state index is 11.1. The van der Waals surface area contributed by atoms with E-state index in [0.717, 1.165) is 0 Å². The zero-order chi connectivity index (χ0) is 14.5. The van der Waals surface area contributed by atoms with Crippen molar-refractivity contribution in [3.8, 4) is 0 Å². The van der Waals surface area contributed by atoms with Crippen LogP contribution in [0.1, 0.15) is 18.9 Å². The Labute approximate surface area is 121 Å². The van der Waals surface area contributed by atoms with Crippen LogP contribution in [0.25, 0.3) is 0 Å². The molecule has 1 aromatic rings. The van der Waals surface area contributed by atoms with Crippen molar-refractivity contribution >= 4 is 29.3 Å². The summed E-state index contributed by atoms with van der Waals surface area (Å²) in [6, 6.07) is 4.91. The third-order valence-corrected chi connectivity index (χ3v) is 3.11. The zero-order valence-corrected chi connectivity index (χ0v) is 12.1. The van der Waals surface area contributed by atoms with E-state index in [-0.39, 0.29) is 13.2 Å². The number of nitrogens with two attached hydrogens (primary N) is 1. The third-order valence-electron chi connectivity index (χ3n) is 2.48. The Balaban J connectivity index is 3.31. The van der Waals surface area contributed by atoms with E-state index in [4.69, 9.17) is 43.1 Å². The average Bonchev–Trinajstić information content (AvgIpc) is 2.34. The van der Waals surface area contributed by atoms with Crippen molar-refractivity contribution in [2.24, 2.45) is 5.73 Å². The first-order valence-electron chi connectivity index (χ1n) is 5.52. The topological polar surface area (TPSA) is 70.8 Å². The molecule has 1 aromatic carbocycles. The van der Waals surface area contributed by atoms with Gasteiger partial charge in [-0.3, -0.25) is 0 Å². The van der Waals surface area contributed by atoms with Gasteiger partial charge in [-0.15, -0.1) is 0 Å². The quantitative estimate of drug-likeness (QED) is 0.819. The predicted octanol–water partition coefficient (Wildman–Crippen LogP) is 3.27. The lowest BCUT2D eigenvalue weighted by Gasteiger charge is -2.32. The molecule has 1 rings (SSSR count). The Morgan fingerprint density at radius 2 is 1.95 bits per heavy atom. The number of primary amides is 1. The smallest absolute Gasteiger partial charge is 0.407 e. The van der Waals surface area contributed by atoms with Gasteiger partial charge in [0, 0.05) is 13.5 Å². The van der Waals surface area contributed by atoms with Crippen molar-refractivity contribution in [3.63, 3.8) is 0 Å². The molecule has 0 saturated heterocycles. The number of halogens is 2. The van der Waals surface area contributed by atoms with Gasteiger partial charge in [0.1, 0.15) is 0 Å². The van der Waals surface area contributed by atoms with Gasteiger partial charge in [-0.05, 0) is 12.1 Å². The molecule has 5 nitrogen and oxygen atoms in total. The minimum absolute atomic E-state index is 0.108. The van der Waals surface area contributed by atoms with Crippen molar-refractivity contribution < 1.29 is 19.0 Å². The Bertz CT molecular complexity index is 435. The van der Waals surface area contributed by atoms with Crippen molar-refractivity contribution in [2.45, 2.75) is 19.1 Å². The standard InChI is InChI=1S/C12H15Cl2NO4/c1-3-12(18-7-17-2,19-11(15)16)10-8(13)5-4-6-9(10)14/h4-6H,3,7H2,1-2H3,(H2,15,16). The lowest BCUT2D eigenvalue weighted by molar-refractivity contribution is -0.249. The van der Waals surface area contributed by atoms with Crippen molar-refractivity contribution in [1.82, 2.24) is 0 Å². The molecule has 2 N–H and O–H groups in total. The summed E-state index contributed by atoms with van der Waals surface area (Å²) < 4.78 is 15.4. The molecule has 0 radical (unpaired) electrons. The Hall–Kier alpha value is -1.01. The molecule has 0 aromatic heterocycles. The summed E-state index contributed by atoms with van der Waals surface area (Å²) in [5.74, 6) is -1.47. The van der Waals surface area contributed by atoms with Gasteiger partial charge in [0.15, 0.2) is 6.79 Å². The molecule has 106 valence electrons. The number of ether oxygens (including phenoxy) is 3. The van der Waals surface area contributed by atoms with E-state index in [2.05, 4.69) is 0 Å². The summed E-state index contributed by atoms with van der Waals surface area (Å²) in [5.41, 5.74) is 5.44. The summed E-state index contributed by atoms with van der Waals surface area (Å²) in [7, 11) is 1.44. The predicted molar refractivity (Wildman–Crippen MR) is 72.1 cm³/mol. The Kier molecular flexibility index (Phi) is 5.87. The number of hydrogen-bond donors (Lipinski definition) is 1. The molecule has 0 aliphatic carbocycles. The summed E-state index contributed by atoms with van der Waals surface area (Å²) in [5, 5.41) is 0.624. The highest BCUT2D eigenvalue weighted by Gasteiger charge is 2.39. The van der Waals surface area contributed by atoms with Crippen molar-refractivity contribution in [3.05, 3.63) is 33.8 Å². The fourth-order valence-electron chi connectivity index (χ4n) is 1.68. The normalized spacial score (nSPS) is 13.9. The number of amides is 1. The van der Waals surface area contributed by atoms with Crippen LogP contribution in [0.4, 0.5) is 4.79 Å². The Morgan fingerprint density at radius 3 is 2.37 bits per heavy atom. The van der Waals surface area contributed by atoms with E-state index in [0.29, 0.717) is 15.6 Å². The first kappa shape index (κ1) is 16.0. The number of carbonyl (C=O) groups is 1. The van der Waals surface area contributed by atoms with E-state index in [1.165, 1.54) is 7.11 Å². The molecular weight excluding hydrogens is 293 g/mol. The van der Waals surface area contributed by atoms with Gasteiger partial charge in [0.25, 0.3) is 0 Å². The van der Waals surface area contributed by atoms with Crippen LogP contribution in [0.2, 0.25) is 10.0 Å². The number of rotatable bonds is 6. The van der Waals surface area contributed by atoms with E-state index >= 15 is 0 Å². The molecule has 1 unspecified atom stereocenters. The number of methoxy groups -OCH3 is 1. The Morgan fingerprint density at radius 1 is 1.37 bits per heavy atom. The van der Waals surface area contributed by atoms with Crippen LogP contribution in [0.5, 0.6) is 0 Å². The zero-order valence-electron chi connectivity index (χ0n) is 10.6. The highest BCUT2D eigenvalue weighted by atomic mass is 35.5. The number of benzene rings is 1. The monoisotopic (exact) mass is 307 g/mol. The van der Waals surface area contributed by atoms with E-state index in [1.54, 1.807) is 25.1 Å². The maximum absolute atomic E-state index is 11.1. The van der Waals surface area contributed by atoms with Crippen molar-refractivity contribution in [1.29, 1.82) is 0 Å². The largest absolute Gasteiger partial charge is 0.412 e. The van der Waals surface area contributed by atoms with E-state index < -0.39 is 11.9 Å². The lowest BCUT2D eigenvalue weighted by atomic mass is 10.0. The van der Waals surface area contributed by atoms with Gasteiger partial charge in [-0.25, -0.2) is 4.79 Å². The molecule has 0 aliphatic heterocycles. The van der Waals surface area contributed by atoms with Gasteiger partial charge in [-0.2, -0.15) is 0 Å². The molecule has 0 aliphatic rings. The fraction of sp³-hybridized carbons (Fsp3) is 0.417. The minimum atomic E-state index is -1.47. The molecule has 1 atom stereocenters. The maximum Gasteiger partial charge on any atom is 0.407 e. The first-order chi connectivity index (χ1) is 8.96. The molecule has 0 heterocycles. The van der Waals surface area contributed by atoms with Gasteiger partial charge < -0.3 is 19.9 Å². The highest BCUT2D eigenvalue weighted by molar-refractivity contribution is 6.36. The van der Waals surface area contributed by atoms with E-state index in [1.807, 2.05) is 0 Å². The van der Waals surface area contributed by atoms with Crippen LogP contribution in [0, 0.1) is 0 Å². The fourth-order valence-corrected chi connectivity index (χ4v) is 2.37. The second-order valence-corrected chi connectivity index (χ2v) is 4.49. The van der Waals surface area contributed by atoms with Gasteiger partial charge in [0.05, 0.1) is 15.6 Å². The van der Waals surface area contributed by atoms with E-state index in [9.17, 15) is 4.79 Å². The number of hydrogen-bond acceptors (Lipinski definition) is 4. The number of carbonyl (C=O) groups excluding carboxylic acids is 1. The molecule has 0 saturated carbocycles. The van der Waals surface area contributed by atoms with Crippen LogP contribution >= 0.6 is 23.2 Å².